The van der Waals surface area contributed by atoms with E-state index in [2.05, 4.69) is 10.3 Å². The summed E-state index contributed by atoms with van der Waals surface area (Å²) in [5, 5.41) is 22.4. The molecule has 8 nitrogen and oxygen atoms in total. The summed E-state index contributed by atoms with van der Waals surface area (Å²) in [7, 11) is 1.50. The molecule has 0 radical (unpaired) electrons. The number of aromatic nitrogens is 2. The van der Waals surface area contributed by atoms with Crippen LogP contribution in [0.3, 0.4) is 0 Å². The number of halogens is 2. The Kier molecular flexibility index (Phi) is 6.20. The topological polar surface area (TPSA) is 111 Å². The minimum atomic E-state index is -2.73. The number of aromatic carboxylic acids is 1. The second-order valence-electron chi connectivity index (χ2n) is 8.15. The van der Waals surface area contributed by atoms with E-state index in [1.165, 1.54) is 13.2 Å². The Labute approximate surface area is 194 Å². The third-order valence-corrected chi connectivity index (χ3v) is 5.89. The van der Waals surface area contributed by atoms with E-state index in [0.717, 1.165) is 0 Å². The summed E-state index contributed by atoms with van der Waals surface area (Å²) in [6, 6.07) is 11.6. The van der Waals surface area contributed by atoms with Crippen LogP contribution in [0.2, 0.25) is 0 Å². The second kappa shape index (κ2) is 9.09. The number of hydrogen-bond donors (Lipinski definition) is 2. The molecule has 1 fully saturated rings. The van der Waals surface area contributed by atoms with E-state index in [1.54, 1.807) is 35.2 Å². The van der Waals surface area contributed by atoms with Crippen molar-refractivity contribution in [2.45, 2.75) is 31.7 Å². The number of carboxylic acids is 1. The van der Waals surface area contributed by atoms with Gasteiger partial charge in [0.1, 0.15) is 11.8 Å². The zero-order valence-corrected chi connectivity index (χ0v) is 18.7. The maximum atomic E-state index is 13.7. The standard InChI is InChI=1S/C24H23F2N5O3/c1-14(28-18-6-4-3-5-16(18)23(32)33)17-11-15(34-2)12-19-21(17)30-22(20(13-27)29-19)31-9-7-24(25,26)8-10-31/h3-6,11-12,14,28H,7-10H2,1-2H3,(H,32,33)/t14-/m1/s1. The molecule has 4 rings (SSSR count). The quantitative estimate of drug-likeness (QED) is 0.540. The van der Waals surface area contributed by atoms with Gasteiger partial charge in [-0.1, -0.05) is 12.1 Å². The van der Waals surface area contributed by atoms with E-state index in [4.69, 9.17) is 9.72 Å². The SMILES string of the molecule is COc1cc([C@@H](C)Nc2ccccc2C(=O)O)c2nc(N3CCC(F)(F)CC3)c(C#N)nc2c1. The van der Waals surface area contributed by atoms with Crippen molar-refractivity contribution in [3.63, 3.8) is 0 Å². The Morgan fingerprint density at radius 1 is 1.26 bits per heavy atom. The van der Waals surface area contributed by atoms with Gasteiger partial charge in [0.25, 0.3) is 5.92 Å². The highest BCUT2D eigenvalue weighted by Gasteiger charge is 2.35. The number of rotatable bonds is 6. The molecule has 0 spiro atoms. The average molecular weight is 467 g/mol. The molecule has 2 N–H and O–H groups in total. The number of fused-ring (bicyclic) bond motifs is 1. The molecule has 0 bridgehead atoms. The fourth-order valence-corrected chi connectivity index (χ4v) is 4.05. The minimum absolute atomic E-state index is 0.0498. The van der Waals surface area contributed by atoms with Crippen LogP contribution in [-0.2, 0) is 0 Å². The Hall–Kier alpha value is -4.00. The lowest BCUT2D eigenvalue weighted by atomic mass is 10.0. The van der Waals surface area contributed by atoms with Gasteiger partial charge < -0.3 is 20.1 Å². The molecule has 1 aliphatic rings. The van der Waals surface area contributed by atoms with Crippen LogP contribution in [0.25, 0.3) is 11.0 Å². The van der Waals surface area contributed by atoms with Gasteiger partial charge in [0, 0.05) is 43.2 Å². The van der Waals surface area contributed by atoms with Crippen LogP contribution in [0.15, 0.2) is 36.4 Å². The monoisotopic (exact) mass is 467 g/mol. The highest BCUT2D eigenvalue weighted by Crippen LogP contribution is 2.35. The summed E-state index contributed by atoms with van der Waals surface area (Å²) in [4.78, 5) is 22.4. The van der Waals surface area contributed by atoms with Crippen molar-refractivity contribution < 1.29 is 23.4 Å². The number of anilines is 2. The summed E-state index contributed by atoms with van der Waals surface area (Å²) < 4.78 is 32.8. The molecule has 1 saturated heterocycles. The molecule has 0 aliphatic carbocycles. The van der Waals surface area contributed by atoms with E-state index >= 15 is 0 Å². The zero-order valence-electron chi connectivity index (χ0n) is 18.7. The van der Waals surface area contributed by atoms with Gasteiger partial charge in [-0.15, -0.1) is 0 Å². The van der Waals surface area contributed by atoms with E-state index in [9.17, 15) is 23.9 Å². The number of piperidine rings is 1. The van der Waals surface area contributed by atoms with Gasteiger partial charge in [0.2, 0.25) is 0 Å². The van der Waals surface area contributed by atoms with E-state index in [1.807, 2.05) is 13.0 Å². The molecular weight excluding hydrogens is 444 g/mol. The van der Waals surface area contributed by atoms with Crippen molar-refractivity contribution in [2.75, 3.05) is 30.4 Å². The number of nitrogens with one attached hydrogen (secondary N) is 1. The number of carbonyl (C=O) groups is 1. The van der Waals surface area contributed by atoms with Crippen LogP contribution >= 0.6 is 0 Å². The molecule has 10 heteroatoms. The summed E-state index contributed by atoms with van der Waals surface area (Å²) in [5.74, 6) is -3.04. The minimum Gasteiger partial charge on any atom is -0.497 e. The molecule has 2 aromatic carbocycles. The average Bonchev–Trinajstić information content (AvgIpc) is 2.82. The number of alkyl halides is 2. The third-order valence-electron chi connectivity index (χ3n) is 5.89. The number of ether oxygens (including phenoxy) is 1. The molecule has 0 saturated carbocycles. The predicted octanol–water partition coefficient (Wildman–Crippen LogP) is 4.62. The molecule has 1 atom stereocenters. The first kappa shape index (κ1) is 23.2. The zero-order chi connectivity index (χ0) is 24.5. The normalized spacial score (nSPS) is 16.0. The molecule has 2 heterocycles. The number of nitriles is 1. The molecule has 0 unspecified atom stereocenters. The van der Waals surface area contributed by atoms with Gasteiger partial charge >= 0.3 is 5.97 Å². The van der Waals surface area contributed by atoms with Crippen molar-refractivity contribution in [3.8, 4) is 11.8 Å². The Morgan fingerprint density at radius 2 is 1.97 bits per heavy atom. The third kappa shape index (κ3) is 4.55. The number of benzene rings is 2. The van der Waals surface area contributed by atoms with Gasteiger partial charge in [-0.2, -0.15) is 5.26 Å². The number of para-hydroxylation sites is 1. The van der Waals surface area contributed by atoms with Gasteiger partial charge in [0.05, 0.1) is 29.7 Å². The van der Waals surface area contributed by atoms with Crippen molar-refractivity contribution in [3.05, 3.63) is 53.2 Å². The summed E-state index contributed by atoms with van der Waals surface area (Å²) in [6.07, 6.45) is -0.645. The number of hydrogen-bond acceptors (Lipinski definition) is 7. The molecule has 3 aromatic rings. The number of methoxy groups -OCH3 is 1. The molecule has 34 heavy (non-hydrogen) atoms. The lowest BCUT2D eigenvalue weighted by molar-refractivity contribution is -0.0221. The van der Waals surface area contributed by atoms with Crippen LogP contribution in [0, 0.1) is 11.3 Å². The lowest BCUT2D eigenvalue weighted by Crippen LogP contribution is -2.40. The first-order valence-corrected chi connectivity index (χ1v) is 10.7. The molecule has 1 aromatic heterocycles. The van der Waals surface area contributed by atoms with E-state index in [-0.39, 0.29) is 43.0 Å². The van der Waals surface area contributed by atoms with Crippen LogP contribution < -0.4 is 15.0 Å². The van der Waals surface area contributed by atoms with Gasteiger partial charge in [0.15, 0.2) is 11.5 Å². The number of nitrogens with zero attached hydrogens (tertiary/aromatic N) is 4. The molecular formula is C24H23F2N5O3. The van der Waals surface area contributed by atoms with E-state index < -0.39 is 17.9 Å². The predicted molar refractivity (Wildman–Crippen MR) is 123 cm³/mol. The smallest absolute Gasteiger partial charge is 0.337 e. The van der Waals surface area contributed by atoms with E-state index in [0.29, 0.717) is 28.0 Å². The Morgan fingerprint density at radius 3 is 2.62 bits per heavy atom. The fraction of sp³-hybridized carbons (Fsp3) is 0.333. The molecule has 176 valence electrons. The largest absolute Gasteiger partial charge is 0.497 e. The highest BCUT2D eigenvalue weighted by molar-refractivity contribution is 5.94. The van der Waals surface area contributed by atoms with Crippen LogP contribution in [0.4, 0.5) is 20.3 Å². The Bertz CT molecular complexity index is 1280. The van der Waals surface area contributed by atoms with Crippen molar-refractivity contribution in [1.82, 2.24) is 9.97 Å². The fourth-order valence-electron chi connectivity index (χ4n) is 4.05. The Balaban J connectivity index is 1.80. The first-order chi connectivity index (χ1) is 16.2. The van der Waals surface area contributed by atoms with Crippen molar-refractivity contribution in [1.29, 1.82) is 5.26 Å². The summed E-state index contributed by atoms with van der Waals surface area (Å²) in [6.45, 7) is 1.97. The number of carboxylic acid groups (broad SMARTS) is 1. The lowest BCUT2D eigenvalue weighted by Gasteiger charge is -2.33. The van der Waals surface area contributed by atoms with Gasteiger partial charge in [-0.05, 0) is 25.1 Å². The summed E-state index contributed by atoms with van der Waals surface area (Å²) >= 11 is 0. The van der Waals surface area contributed by atoms with Crippen LogP contribution in [0.1, 0.15) is 47.4 Å². The maximum absolute atomic E-state index is 13.7. The van der Waals surface area contributed by atoms with Gasteiger partial charge in [-0.3, -0.25) is 0 Å². The molecule has 0 amide bonds. The van der Waals surface area contributed by atoms with Crippen LogP contribution in [0.5, 0.6) is 5.75 Å². The van der Waals surface area contributed by atoms with Gasteiger partial charge in [-0.25, -0.2) is 23.5 Å². The maximum Gasteiger partial charge on any atom is 0.337 e. The highest BCUT2D eigenvalue weighted by atomic mass is 19.3. The van der Waals surface area contributed by atoms with Crippen LogP contribution in [-0.4, -0.2) is 47.2 Å². The van der Waals surface area contributed by atoms with Crippen molar-refractivity contribution >= 4 is 28.5 Å². The second-order valence-corrected chi connectivity index (χ2v) is 8.15. The first-order valence-electron chi connectivity index (χ1n) is 10.7. The molecule has 1 aliphatic heterocycles. The van der Waals surface area contributed by atoms with Crippen molar-refractivity contribution in [2.24, 2.45) is 0 Å². The summed E-state index contributed by atoms with van der Waals surface area (Å²) in [5.41, 5.74) is 2.15.